The quantitative estimate of drug-likeness (QED) is 0.428. The normalized spacial score (nSPS) is 14.6. The van der Waals surface area contributed by atoms with E-state index in [1.807, 2.05) is 5.32 Å². The van der Waals surface area contributed by atoms with Crippen molar-refractivity contribution in [1.82, 2.24) is 25.5 Å². The smallest absolute Gasteiger partial charge is 0.243 e. The third kappa shape index (κ3) is 2.44. The van der Waals surface area contributed by atoms with Crippen LogP contribution in [0.25, 0.3) is 0 Å². The molecule has 0 bridgehead atoms. The molecule has 1 heterocycles. The van der Waals surface area contributed by atoms with Crippen molar-refractivity contribution >= 4 is 17.7 Å². The Balaban J connectivity index is 1.90. The first kappa shape index (κ1) is 9.92. The summed E-state index contributed by atoms with van der Waals surface area (Å²) in [6, 6.07) is 0.390. The molecule has 1 saturated carbocycles. The summed E-state index contributed by atoms with van der Waals surface area (Å²) in [5.74, 6) is -0.187. The van der Waals surface area contributed by atoms with Crippen LogP contribution in [-0.2, 0) is 4.79 Å². The lowest BCUT2D eigenvalue weighted by molar-refractivity contribution is -0.117. The van der Waals surface area contributed by atoms with Crippen LogP contribution in [0.15, 0.2) is 5.16 Å². The number of hydrogen-bond donors (Lipinski definition) is 1. The highest BCUT2D eigenvalue weighted by Gasteiger charge is 2.27. The molecular weight excluding hydrogens is 216 g/mol. The molecule has 1 N–H and O–H groups in total. The third-order valence-electron chi connectivity index (χ3n) is 1.88. The van der Waals surface area contributed by atoms with Crippen molar-refractivity contribution in [3.05, 3.63) is 0 Å². The maximum Gasteiger partial charge on any atom is 0.243 e. The lowest BCUT2D eigenvalue weighted by atomic mass is 10.7. The van der Waals surface area contributed by atoms with Gasteiger partial charge in [0.05, 0.1) is 11.8 Å². The van der Waals surface area contributed by atoms with Crippen LogP contribution >= 0.6 is 11.8 Å². The van der Waals surface area contributed by atoms with Crippen LogP contribution in [0.1, 0.15) is 18.9 Å². The Labute approximate surface area is 89.8 Å². The first-order valence-corrected chi connectivity index (χ1v) is 5.38. The fraction of sp³-hybridized carbons (Fsp3) is 0.571. The van der Waals surface area contributed by atoms with Gasteiger partial charge in [0.15, 0.2) is 6.19 Å². The van der Waals surface area contributed by atoms with Crippen molar-refractivity contribution in [1.29, 1.82) is 5.26 Å². The highest BCUT2D eigenvalue weighted by atomic mass is 32.2. The second kappa shape index (κ2) is 4.27. The summed E-state index contributed by atoms with van der Waals surface area (Å²) in [7, 11) is 0. The zero-order chi connectivity index (χ0) is 10.7. The molecule has 0 aromatic carbocycles. The molecule has 1 aromatic rings. The molecule has 2 rings (SSSR count). The molecule has 1 aliphatic carbocycles. The Bertz CT molecular complexity index is 406. The van der Waals surface area contributed by atoms with Crippen LogP contribution in [0.5, 0.6) is 0 Å². The van der Waals surface area contributed by atoms with E-state index in [4.69, 9.17) is 5.26 Å². The molecule has 8 heteroatoms. The van der Waals surface area contributed by atoms with E-state index >= 15 is 0 Å². The fourth-order valence-corrected chi connectivity index (χ4v) is 1.80. The highest BCUT2D eigenvalue weighted by molar-refractivity contribution is 7.99. The van der Waals surface area contributed by atoms with E-state index < -0.39 is 0 Å². The number of hydrogen-bond acceptors (Lipinski definition) is 6. The number of tetrazole rings is 1. The average molecular weight is 224 g/mol. The Morgan fingerprint density at radius 1 is 1.73 bits per heavy atom. The topological polar surface area (TPSA) is 96.5 Å². The van der Waals surface area contributed by atoms with Crippen LogP contribution in [0.3, 0.4) is 0 Å². The maximum atomic E-state index is 11.0. The van der Waals surface area contributed by atoms with E-state index in [0.717, 1.165) is 12.8 Å². The van der Waals surface area contributed by atoms with Gasteiger partial charge in [-0.05, 0) is 23.3 Å². The van der Waals surface area contributed by atoms with Gasteiger partial charge in [-0.15, -0.1) is 5.10 Å². The Kier molecular flexibility index (Phi) is 2.82. The third-order valence-corrected chi connectivity index (χ3v) is 2.82. The van der Waals surface area contributed by atoms with Gasteiger partial charge >= 0.3 is 0 Å². The Morgan fingerprint density at radius 2 is 2.53 bits per heavy atom. The Morgan fingerprint density at radius 3 is 3.20 bits per heavy atom. The number of nitriles is 1. The molecule has 1 aromatic heterocycles. The molecule has 0 saturated heterocycles. The summed E-state index contributed by atoms with van der Waals surface area (Å²) >= 11 is 1.23. The molecule has 1 fully saturated rings. The molecule has 0 unspecified atom stereocenters. The predicted molar refractivity (Wildman–Crippen MR) is 50.6 cm³/mol. The average Bonchev–Trinajstić information content (AvgIpc) is 2.96. The number of aromatic nitrogens is 4. The summed E-state index contributed by atoms with van der Waals surface area (Å²) < 4.78 is 1.73. The monoisotopic (exact) mass is 224 g/mol. The van der Waals surface area contributed by atoms with Gasteiger partial charge in [0.1, 0.15) is 0 Å². The SMILES string of the molecule is N#CNC(=O)CSc1nnnn1C1CC1. The van der Waals surface area contributed by atoms with Crippen LogP contribution in [0, 0.1) is 11.5 Å². The van der Waals surface area contributed by atoms with E-state index in [9.17, 15) is 4.79 Å². The molecule has 0 radical (unpaired) electrons. The van der Waals surface area contributed by atoms with Gasteiger partial charge in [-0.3, -0.25) is 10.1 Å². The number of amides is 1. The second-order valence-corrected chi connectivity index (χ2v) is 4.03. The molecule has 1 amide bonds. The molecule has 1 aliphatic rings. The van der Waals surface area contributed by atoms with E-state index in [0.29, 0.717) is 11.2 Å². The standard InChI is InChI=1S/C7H8N6OS/c8-4-9-6(14)3-15-7-10-11-12-13(7)5-1-2-5/h5H,1-3H2,(H,9,14). The van der Waals surface area contributed by atoms with Crippen LogP contribution in [0.4, 0.5) is 0 Å². The largest absolute Gasteiger partial charge is 0.273 e. The molecule has 78 valence electrons. The molecule has 0 spiro atoms. The lowest BCUT2D eigenvalue weighted by Gasteiger charge is -2.00. The van der Waals surface area contributed by atoms with E-state index in [1.165, 1.54) is 11.8 Å². The van der Waals surface area contributed by atoms with Crippen molar-refractivity contribution in [2.45, 2.75) is 24.0 Å². The van der Waals surface area contributed by atoms with Crippen molar-refractivity contribution in [3.63, 3.8) is 0 Å². The maximum absolute atomic E-state index is 11.0. The fourth-order valence-electron chi connectivity index (χ4n) is 1.06. The molecule has 7 nitrogen and oxygen atoms in total. The van der Waals surface area contributed by atoms with Crippen LogP contribution < -0.4 is 5.32 Å². The highest BCUT2D eigenvalue weighted by Crippen LogP contribution is 2.36. The minimum Gasteiger partial charge on any atom is -0.273 e. The van der Waals surface area contributed by atoms with Crippen molar-refractivity contribution in [2.24, 2.45) is 0 Å². The van der Waals surface area contributed by atoms with Gasteiger partial charge in [-0.25, -0.2) is 4.68 Å². The van der Waals surface area contributed by atoms with E-state index in [1.54, 1.807) is 10.9 Å². The second-order valence-electron chi connectivity index (χ2n) is 3.09. The molecule has 15 heavy (non-hydrogen) atoms. The summed E-state index contributed by atoms with van der Waals surface area (Å²) in [6.07, 6.45) is 3.75. The number of carbonyl (C=O) groups excluding carboxylic acids is 1. The van der Waals surface area contributed by atoms with Gasteiger partial charge in [0.25, 0.3) is 0 Å². The Hall–Kier alpha value is -1.62. The van der Waals surface area contributed by atoms with Gasteiger partial charge < -0.3 is 0 Å². The minimum absolute atomic E-state index is 0.153. The summed E-state index contributed by atoms with van der Waals surface area (Å²) in [4.78, 5) is 11.0. The summed E-state index contributed by atoms with van der Waals surface area (Å²) in [6.45, 7) is 0. The summed E-state index contributed by atoms with van der Waals surface area (Å²) in [5, 5.41) is 22.1. The van der Waals surface area contributed by atoms with Gasteiger partial charge in [-0.2, -0.15) is 5.26 Å². The first-order valence-electron chi connectivity index (χ1n) is 4.40. The number of carbonyl (C=O) groups is 1. The molecule has 0 aliphatic heterocycles. The first-order chi connectivity index (χ1) is 7.31. The van der Waals surface area contributed by atoms with Crippen LogP contribution in [-0.4, -0.2) is 31.9 Å². The van der Waals surface area contributed by atoms with E-state index in [2.05, 4.69) is 15.5 Å². The van der Waals surface area contributed by atoms with Gasteiger partial charge in [0, 0.05) is 0 Å². The van der Waals surface area contributed by atoms with Crippen molar-refractivity contribution < 1.29 is 4.79 Å². The van der Waals surface area contributed by atoms with Gasteiger partial charge in [-0.1, -0.05) is 11.8 Å². The predicted octanol–water partition coefficient (Wildman–Crippen LogP) is -0.303. The van der Waals surface area contributed by atoms with Gasteiger partial charge in [0.2, 0.25) is 11.1 Å². The molecular formula is C7H8N6OS. The number of thioether (sulfide) groups is 1. The zero-order valence-corrected chi connectivity index (χ0v) is 8.57. The van der Waals surface area contributed by atoms with Crippen LogP contribution in [0.2, 0.25) is 0 Å². The van der Waals surface area contributed by atoms with Crippen molar-refractivity contribution in [2.75, 3.05) is 5.75 Å². The van der Waals surface area contributed by atoms with Crippen molar-refractivity contribution in [3.8, 4) is 6.19 Å². The number of rotatable bonds is 4. The molecule has 0 atom stereocenters. The number of nitrogens with zero attached hydrogens (tertiary/aromatic N) is 5. The summed E-state index contributed by atoms with van der Waals surface area (Å²) in [5.41, 5.74) is 0. The lowest BCUT2D eigenvalue weighted by Crippen LogP contribution is -2.19. The zero-order valence-electron chi connectivity index (χ0n) is 7.75. The minimum atomic E-state index is -0.340. The van der Waals surface area contributed by atoms with E-state index in [-0.39, 0.29) is 11.7 Å². The number of nitrogens with one attached hydrogen (secondary N) is 1.